The molecule has 1 aliphatic heterocycles. The zero-order chi connectivity index (χ0) is 11.0. The Bertz CT molecular complexity index is 543. The third-order valence-corrected chi connectivity index (χ3v) is 2.43. The Labute approximate surface area is 91.9 Å². The maximum absolute atomic E-state index is 5.77. The Morgan fingerprint density at radius 3 is 2.94 bits per heavy atom. The Hall–Kier alpha value is -2.30. The zero-order valence-corrected chi connectivity index (χ0v) is 8.38. The lowest BCUT2D eigenvalue weighted by Gasteiger charge is -2.04. The average molecular weight is 215 g/mol. The van der Waals surface area contributed by atoms with Gasteiger partial charge in [-0.15, -0.1) is 0 Å². The molecule has 5 heteroatoms. The van der Waals surface area contributed by atoms with Crippen molar-refractivity contribution in [2.75, 3.05) is 12.5 Å². The summed E-state index contributed by atoms with van der Waals surface area (Å²) in [5.74, 6) is 1.92. The molecule has 0 radical (unpaired) electrons. The van der Waals surface area contributed by atoms with Gasteiger partial charge in [-0.2, -0.15) is 0 Å². The summed E-state index contributed by atoms with van der Waals surface area (Å²) in [6.07, 6.45) is 3.10. The Kier molecular flexibility index (Phi) is 1.89. The fourth-order valence-electron chi connectivity index (χ4n) is 1.63. The molecular weight excluding hydrogens is 206 g/mol. The van der Waals surface area contributed by atoms with Gasteiger partial charge >= 0.3 is 0 Å². The van der Waals surface area contributed by atoms with E-state index in [0.29, 0.717) is 5.82 Å². The second kappa shape index (κ2) is 3.37. The number of nitrogens with zero attached hydrogens (tertiary/aromatic N) is 2. The minimum atomic E-state index is 0.263. The summed E-state index contributed by atoms with van der Waals surface area (Å²) in [5.41, 5.74) is 7.49. The molecule has 0 fully saturated rings. The Morgan fingerprint density at radius 2 is 2.06 bits per heavy atom. The van der Waals surface area contributed by atoms with Gasteiger partial charge < -0.3 is 15.2 Å². The molecule has 0 amide bonds. The molecule has 0 unspecified atom stereocenters. The summed E-state index contributed by atoms with van der Waals surface area (Å²) in [6.45, 7) is 0.263. The predicted molar refractivity (Wildman–Crippen MR) is 58.0 cm³/mol. The van der Waals surface area contributed by atoms with E-state index in [1.807, 2.05) is 18.2 Å². The molecule has 0 saturated heterocycles. The van der Waals surface area contributed by atoms with Crippen LogP contribution in [-0.4, -0.2) is 16.8 Å². The second-order valence-corrected chi connectivity index (χ2v) is 3.39. The van der Waals surface area contributed by atoms with E-state index in [9.17, 15) is 0 Å². The number of benzene rings is 1. The maximum Gasteiger partial charge on any atom is 0.231 e. The van der Waals surface area contributed by atoms with E-state index in [2.05, 4.69) is 9.97 Å². The minimum Gasteiger partial charge on any atom is -0.454 e. The van der Waals surface area contributed by atoms with Crippen LogP contribution in [0, 0.1) is 0 Å². The van der Waals surface area contributed by atoms with Crippen LogP contribution in [-0.2, 0) is 0 Å². The van der Waals surface area contributed by atoms with Gasteiger partial charge in [-0.05, 0) is 17.7 Å². The SMILES string of the molecule is Nc1ncncc1-c1ccc2c(c1)OCO2. The summed E-state index contributed by atoms with van der Waals surface area (Å²) in [7, 11) is 0. The van der Waals surface area contributed by atoms with Crippen molar-refractivity contribution in [1.82, 2.24) is 9.97 Å². The van der Waals surface area contributed by atoms with E-state index >= 15 is 0 Å². The summed E-state index contributed by atoms with van der Waals surface area (Å²) >= 11 is 0. The number of nitrogens with two attached hydrogens (primary N) is 1. The van der Waals surface area contributed by atoms with Crippen molar-refractivity contribution < 1.29 is 9.47 Å². The molecule has 1 aromatic heterocycles. The minimum absolute atomic E-state index is 0.263. The van der Waals surface area contributed by atoms with E-state index < -0.39 is 0 Å². The van der Waals surface area contributed by atoms with Gasteiger partial charge in [0.25, 0.3) is 0 Å². The number of fused-ring (bicyclic) bond motifs is 1. The van der Waals surface area contributed by atoms with E-state index in [-0.39, 0.29) is 6.79 Å². The number of anilines is 1. The summed E-state index contributed by atoms with van der Waals surface area (Å²) < 4.78 is 10.5. The summed E-state index contributed by atoms with van der Waals surface area (Å²) in [4.78, 5) is 7.90. The maximum atomic E-state index is 5.77. The predicted octanol–water partition coefficient (Wildman–Crippen LogP) is 1.45. The quantitative estimate of drug-likeness (QED) is 0.779. The smallest absolute Gasteiger partial charge is 0.231 e. The highest BCUT2D eigenvalue weighted by molar-refractivity contribution is 5.74. The molecule has 2 heterocycles. The number of aromatic nitrogens is 2. The lowest BCUT2D eigenvalue weighted by Crippen LogP contribution is -1.94. The number of rotatable bonds is 1. The molecular formula is C11H9N3O2. The van der Waals surface area contributed by atoms with Crippen molar-refractivity contribution in [2.45, 2.75) is 0 Å². The van der Waals surface area contributed by atoms with E-state index in [4.69, 9.17) is 15.2 Å². The molecule has 0 spiro atoms. The molecule has 5 nitrogen and oxygen atoms in total. The summed E-state index contributed by atoms with van der Waals surface area (Å²) in [5, 5.41) is 0. The van der Waals surface area contributed by atoms with Gasteiger partial charge in [-0.3, -0.25) is 0 Å². The van der Waals surface area contributed by atoms with Crippen molar-refractivity contribution in [2.24, 2.45) is 0 Å². The normalized spacial score (nSPS) is 12.8. The molecule has 1 aromatic carbocycles. The molecule has 2 aromatic rings. The Morgan fingerprint density at radius 1 is 1.19 bits per heavy atom. The second-order valence-electron chi connectivity index (χ2n) is 3.39. The van der Waals surface area contributed by atoms with Crippen LogP contribution in [0.4, 0.5) is 5.82 Å². The topological polar surface area (TPSA) is 70.3 Å². The first-order chi connectivity index (χ1) is 7.84. The number of hydrogen-bond acceptors (Lipinski definition) is 5. The zero-order valence-electron chi connectivity index (χ0n) is 8.38. The van der Waals surface area contributed by atoms with E-state index in [1.54, 1.807) is 6.20 Å². The number of nitrogen functional groups attached to an aromatic ring is 1. The highest BCUT2D eigenvalue weighted by atomic mass is 16.7. The van der Waals surface area contributed by atoms with Crippen molar-refractivity contribution in [3.05, 3.63) is 30.7 Å². The first kappa shape index (κ1) is 8.96. The average Bonchev–Trinajstić information content (AvgIpc) is 2.76. The van der Waals surface area contributed by atoms with Crippen molar-refractivity contribution in [3.63, 3.8) is 0 Å². The molecule has 2 N–H and O–H groups in total. The first-order valence-electron chi connectivity index (χ1n) is 4.80. The third-order valence-electron chi connectivity index (χ3n) is 2.43. The number of ether oxygens (including phenoxy) is 2. The molecule has 16 heavy (non-hydrogen) atoms. The largest absolute Gasteiger partial charge is 0.454 e. The van der Waals surface area contributed by atoms with Crippen molar-refractivity contribution in [3.8, 4) is 22.6 Å². The fourth-order valence-corrected chi connectivity index (χ4v) is 1.63. The molecule has 3 rings (SSSR count). The van der Waals surface area contributed by atoms with Gasteiger partial charge in [0.1, 0.15) is 12.1 Å². The van der Waals surface area contributed by atoms with E-state index in [0.717, 1.165) is 22.6 Å². The van der Waals surface area contributed by atoms with Gasteiger partial charge in [0.05, 0.1) is 0 Å². The molecule has 0 atom stereocenters. The Balaban J connectivity index is 2.11. The van der Waals surface area contributed by atoms with E-state index in [1.165, 1.54) is 6.33 Å². The van der Waals surface area contributed by atoms with Crippen LogP contribution in [0.15, 0.2) is 30.7 Å². The van der Waals surface area contributed by atoms with Crippen molar-refractivity contribution in [1.29, 1.82) is 0 Å². The monoisotopic (exact) mass is 215 g/mol. The van der Waals surface area contributed by atoms with Crippen LogP contribution in [0.5, 0.6) is 11.5 Å². The van der Waals surface area contributed by atoms with Gasteiger partial charge in [-0.25, -0.2) is 9.97 Å². The van der Waals surface area contributed by atoms with Crippen LogP contribution in [0.25, 0.3) is 11.1 Å². The standard InChI is InChI=1S/C11H9N3O2/c12-11-8(4-13-5-14-11)7-1-2-9-10(3-7)16-6-15-9/h1-5H,6H2,(H2,12,13,14). The van der Waals surface area contributed by atoms with Gasteiger partial charge in [-0.1, -0.05) is 6.07 Å². The highest BCUT2D eigenvalue weighted by Gasteiger charge is 2.14. The van der Waals surface area contributed by atoms with Gasteiger partial charge in [0.15, 0.2) is 11.5 Å². The molecule has 0 saturated carbocycles. The van der Waals surface area contributed by atoms with Crippen LogP contribution >= 0.6 is 0 Å². The third kappa shape index (κ3) is 1.33. The fraction of sp³-hybridized carbons (Fsp3) is 0.0909. The lowest BCUT2D eigenvalue weighted by atomic mass is 10.1. The van der Waals surface area contributed by atoms with Crippen LogP contribution < -0.4 is 15.2 Å². The first-order valence-corrected chi connectivity index (χ1v) is 4.80. The number of hydrogen-bond donors (Lipinski definition) is 1. The van der Waals surface area contributed by atoms with Crippen LogP contribution in [0.1, 0.15) is 0 Å². The summed E-state index contributed by atoms with van der Waals surface area (Å²) in [6, 6.07) is 5.63. The molecule has 0 aliphatic carbocycles. The van der Waals surface area contributed by atoms with Crippen LogP contribution in [0.2, 0.25) is 0 Å². The highest BCUT2D eigenvalue weighted by Crippen LogP contribution is 2.36. The van der Waals surface area contributed by atoms with Gasteiger partial charge in [0, 0.05) is 11.8 Å². The van der Waals surface area contributed by atoms with Crippen LogP contribution in [0.3, 0.4) is 0 Å². The molecule has 80 valence electrons. The molecule has 1 aliphatic rings. The lowest BCUT2D eigenvalue weighted by molar-refractivity contribution is 0.174. The van der Waals surface area contributed by atoms with Crippen molar-refractivity contribution >= 4 is 5.82 Å². The van der Waals surface area contributed by atoms with Gasteiger partial charge in [0.2, 0.25) is 6.79 Å². The molecule has 0 bridgehead atoms.